The summed E-state index contributed by atoms with van der Waals surface area (Å²) in [7, 11) is 0. The molecule has 6 nitrogen and oxygen atoms in total. The van der Waals surface area contributed by atoms with Crippen LogP contribution in [0.15, 0.2) is 76.3 Å². The standard InChI is InChI=1S/C23H20N4O2/c28-23-18-15-27(14-16-8-9-20(24-13-16)21-7-4-12-29-21)11-10-19(18)25-22(26-23)17-5-2-1-3-6-17/h1-9,12-13H,10-11,14-15H2,(H,25,26,28). The molecule has 0 atom stereocenters. The third-order valence-electron chi connectivity index (χ3n) is 5.20. The molecule has 0 bridgehead atoms. The topological polar surface area (TPSA) is 75.0 Å². The van der Waals surface area contributed by atoms with Crippen molar-refractivity contribution in [3.8, 4) is 22.8 Å². The van der Waals surface area contributed by atoms with E-state index in [1.165, 1.54) is 0 Å². The Morgan fingerprint density at radius 3 is 2.72 bits per heavy atom. The van der Waals surface area contributed by atoms with Crippen molar-refractivity contribution in [1.82, 2.24) is 19.9 Å². The lowest BCUT2D eigenvalue weighted by Crippen LogP contribution is -2.35. The molecule has 1 N–H and O–H groups in total. The van der Waals surface area contributed by atoms with Gasteiger partial charge in [-0.15, -0.1) is 0 Å². The van der Waals surface area contributed by atoms with E-state index < -0.39 is 0 Å². The molecular formula is C23H20N4O2. The Morgan fingerprint density at radius 1 is 1.07 bits per heavy atom. The van der Waals surface area contributed by atoms with Crippen molar-refractivity contribution in [3.63, 3.8) is 0 Å². The monoisotopic (exact) mass is 384 g/mol. The smallest absolute Gasteiger partial charge is 0.255 e. The lowest BCUT2D eigenvalue weighted by atomic mass is 10.1. The predicted octanol–water partition coefficient (Wildman–Crippen LogP) is 3.65. The molecular weight excluding hydrogens is 364 g/mol. The maximum atomic E-state index is 12.7. The van der Waals surface area contributed by atoms with Crippen molar-refractivity contribution in [2.45, 2.75) is 19.5 Å². The van der Waals surface area contributed by atoms with Crippen LogP contribution in [0.1, 0.15) is 16.8 Å². The van der Waals surface area contributed by atoms with E-state index in [0.717, 1.165) is 53.3 Å². The summed E-state index contributed by atoms with van der Waals surface area (Å²) < 4.78 is 5.39. The van der Waals surface area contributed by atoms with Crippen LogP contribution >= 0.6 is 0 Å². The first-order chi connectivity index (χ1) is 14.3. The molecule has 29 heavy (non-hydrogen) atoms. The molecule has 0 radical (unpaired) electrons. The largest absolute Gasteiger partial charge is 0.463 e. The van der Waals surface area contributed by atoms with Gasteiger partial charge in [-0.05, 0) is 23.8 Å². The first kappa shape index (κ1) is 17.6. The summed E-state index contributed by atoms with van der Waals surface area (Å²) in [5.74, 6) is 1.40. The second kappa shape index (κ2) is 7.48. The van der Waals surface area contributed by atoms with Crippen molar-refractivity contribution >= 4 is 0 Å². The predicted molar refractivity (Wildman–Crippen MR) is 110 cm³/mol. The molecule has 4 heterocycles. The fraction of sp³-hybridized carbons (Fsp3) is 0.174. The molecule has 1 aliphatic rings. The zero-order valence-corrected chi connectivity index (χ0v) is 15.8. The van der Waals surface area contributed by atoms with E-state index in [1.807, 2.05) is 54.7 Å². The molecule has 0 saturated carbocycles. The molecule has 0 spiro atoms. The van der Waals surface area contributed by atoms with Crippen LogP contribution in [0.3, 0.4) is 0 Å². The van der Waals surface area contributed by atoms with Crippen LogP contribution in [-0.2, 0) is 19.5 Å². The van der Waals surface area contributed by atoms with Gasteiger partial charge in [0.25, 0.3) is 5.56 Å². The summed E-state index contributed by atoms with van der Waals surface area (Å²) in [5, 5.41) is 0. The van der Waals surface area contributed by atoms with E-state index in [4.69, 9.17) is 9.40 Å². The van der Waals surface area contributed by atoms with Crippen molar-refractivity contribution in [1.29, 1.82) is 0 Å². The molecule has 3 aromatic heterocycles. The molecule has 0 amide bonds. The Labute approximate surface area is 167 Å². The van der Waals surface area contributed by atoms with E-state index >= 15 is 0 Å². The Kier molecular flexibility index (Phi) is 4.54. The summed E-state index contributed by atoms with van der Waals surface area (Å²) in [5.41, 5.74) is 4.46. The summed E-state index contributed by atoms with van der Waals surface area (Å²) in [6, 6.07) is 17.5. The van der Waals surface area contributed by atoms with E-state index in [-0.39, 0.29) is 5.56 Å². The van der Waals surface area contributed by atoms with E-state index in [0.29, 0.717) is 12.4 Å². The minimum Gasteiger partial charge on any atom is -0.463 e. The minimum atomic E-state index is -0.0511. The van der Waals surface area contributed by atoms with Crippen molar-refractivity contribution < 1.29 is 4.42 Å². The van der Waals surface area contributed by atoms with Gasteiger partial charge in [-0.1, -0.05) is 36.4 Å². The average Bonchev–Trinajstić information content (AvgIpc) is 3.30. The van der Waals surface area contributed by atoms with Crippen LogP contribution < -0.4 is 5.56 Å². The third kappa shape index (κ3) is 3.62. The number of aromatic amines is 1. The summed E-state index contributed by atoms with van der Waals surface area (Å²) in [4.78, 5) is 27.1. The van der Waals surface area contributed by atoms with Crippen LogP contribution in [-0.4, -0.2) is 26.4 Å². The second-order valence-corrected chi connectivity index (χ2v) is 7.20. The van der Waals surface area contributed by atoms with E-state index in [1.54, 1.807) is 6.26 Å². The normalized spacial score (nSPS) is 13.9. The molecule has 5 rings (SSSR count). The molecule has 6 heteroatoms. The molecule has 0 saturated heterocycles. The number of furan rings is 1. The lowest BCUT2D eigenvalue weighted by Gasteiger charge is -2.27. The second-order valence-electron chi connectivity index (χ2n) is 7.20. The summed E-state index contributed by atoms with van der Waals surface area (Å²) in [6.45, 7) is 2.19. The quantitative estimate of drug-likeness (QED) is 0.581. The first-order valence-corrected chi connectivity index (χ1v) is 9.65. The number of benzene rings is 1. The Morgan fingerprint density at radius 2 is 1.97 bits per heavy atom. The first-order valence-electron chi connectivity index (χ1n) is 9.65. The minimum absolute atomic E-state index is 0.0511. The highest BCUT2D eigenvalue weighted by Gasteiger charge is 2.21. The number of pyridine rings is 1. The maximum absolute atomic E-state index is 12.7. The third-order valence-corrected chi connectivity index (χ3v) is 5.20. The number of aromatic nitrogens is 3. The van der Waals surface area contributed by atoms with Crippen LogP contribution in [0, 0.1) is 0 Å². The van der Waals surface area contributed by atoms with Gasteiger partial charge in [0, 0.05) is 37.8 Å². The van der Waals surface area contributed by atoms with Gasteiger partial charge in [0.05, 0.1) is 17.5 Å². The van der Waals surface area contributed by atoms with Crippen LogP contribution in [0.25, 0.3) is 22.8 Å². The fourth-order valence-electron chi connectivity index (χ4n) is 3.69. The summed E-state index contributed by atoms with van der Waals surface area (Å²) >= 11 is 0. The molecule has 0 fully saturated rings. The lowest BCUT2D eigenvalue weighted by molar-refractivity contribution is 0.241. The maximum Gasteiger partial charge on any atom is 0.255 e. The van der Waals surface area contributed by atoms with Crippen molar-refractivity contribution in [2.24, 2.45) is 0 Å². The van der Waals surface area contributed by atoms with Crippen LogP contribution in [0.2, 0.25) is 0 Å². The van der Waals surface area contributed by atoms with Gasteiger partial charge in [0.1, 0.15) is 11.5 Å². The average molecular weight is 384 g/mol. The number of hydrogen-bond donors (Lipinski definition) is 1. The summed E-state index contributed by atoms with van der Waals surface area (Å²) in [6.07, 6.45) is 4.27. The number of H-pyrrole nitrogens is 1. The van der Waals surface area contributed by atoms with Gasteiger partial charge in [-0.25, -0.2) is 4.98 Å². The van der Waals surface area contributed by atoms with Gasteiger partial charge < -0.3 is 9.40 Å². The van der Waals surface area contributed by atoms with Gasteiger partial charge >= 0.3 is 0 Å². The zero-order chi connectivity index (χ0) is 19.6. The molecule has 4 aromatic rings. The zero-order valence-electron chi connectivity index (χ0n) is 15.8. The van der Waals surface area contributed by atoms with E-state index in [9.17, 15) is 4.79 Å². The fourth-order valence-corrected chi connectivity index (χ4v) is 3.69. The van der Waals surface area contributed by atoms with Gasteiger partial charge in [0.15, 0.2) is 5.76 Å². The van der Waals surface area contributed by atoms with Gasteiger partial charge in [-0.2, -0.15) is 0 Å². The van der Waals surface area contributed by atoms with Gasteiger partial charge in [-0.3, -0.25) is 14.7 Å². The molecule has 0 unspecified atom stereocenters. The Hall–Kier alpha value is -3.51. The molecule has 0 aliphatic carbocycles. The van der Waals surface area contributed by atoms with E-state index in [2.05, 4.69) is 20.9 Å². The highest BCUT2D eigenvalue weighted by Crippen LogP contribution is 2.21. The highest BCUT2D eigenvalue weighted by molar-refractivity contribution is 5.55. The Bertz CT molecular complexity index is 1170. The van der Waals surface area contributed by atoms with Crippen LogP contribution in [0.5, 0.6) is 0 Å². The molecule has 1 aromatic carbocycles. The number of nitrogens with zero attached hydrogens (tertiary/aromatic N) is 3. The van der Waals surface area contributed by atoms with Crippen molar-refractivity contribution in [2.75, 3.05) is 6.54 Å². The molecule has 144 valence electrons. The number of nitrogens with one attached hydrogen (secondary N) is 1. The number of fused-ring (bicyclic) bond motifs is 1. The van der Waals surface area contributed by atoms with Crippen LogP contribution in [0.4, 0.5) is 0 Å². The number of rotatable bonds is 4. The van der Waals surface area contributed by atoms with Crippen molar-refractivity contribution in [3.05, 3.63) is 94.2 Å². The highest BCUT2D eigenvalue weighted by atomic mass is 16.3. The van der Waals surface area contributed by atoms with Gasteiger partial charge in [0.2, 0.25) is 0 Å². The number of hydrogen-bond acceptors (Lipinski definition) is 5. The molecule has 1 aliphatic heterocycles. The SMILES string of the molecule is O=c1[nH]c(-c2ccccc2)nc2c1CN(Cc1ccc(-c3ccco3)nc1)CC2. The Balaban J connectivity index is 1.33.